The molecule has 2 aromatic rings. The zero-order chi connectivity index (χ0) is 16.8. The lowest BCUT2D eigenvalue weighted by atomic mass is 10.1. The standard InChI is InChI=1S/C18H20N2O3/c1-13-9-10-14(18(22)23-3)11-16(13)19-17(21)12-20(2)15-7-5-4-6-8-15/h4-11H,12H2,1-3H3,(H,19,21). The normalized spacial score (nSPS) is 10.0. The fourth-order valence-corrected chi connectivity index (χ4v) is 2.18. The minimum absolute atomic E-state index is 0.151. The molecule has 5 heteroatoms. The number of ether oxygens (including phenoxy) is 1. The van der Waals surface area contributed by atoms with Gasteiger partial charge in [-0.25, -0.2) is 4.79 Å². The minimum atomic E-state index is -0.429. The molecule has 0 unspecified atom stereocenters. The van der Waals surface area contributed by atoms with Gasteiger partial charge in [0.25, 0.3) is 0 Å². The van der Waals surface area contributed by atoms with Gasteiger partial charge in [-0.3, -0.25) is 4.79 Å². The van der Waals surface area contributed by atoms with E-state index in [1.807, 2.05) is 49.2 Å². The van der Waals surface area contributed by atoms with Crippen molar-refractivity contribution in [1.29, 1.82) is 0 Å². The first kappa shape index (κ1) is 16.5. The number of benzene rings is 2. The summed E-state index contributed by atoms with van der Waals surface area (Å²) in [6, 6.07) is 14.7. The van der Waals surface area contributed by atoms with Gasteiger partial charge in [0, 0.05) is 18.4 Å². The summed E-state index contributed by atoms with van der Waals surface area (Å²) in [6.45, 7) is 2.09. The Balaban J connectivity index is 2.06. The van der Waals surface area contributed by atoms with Crippen molar-refractivity contribution < 1.29 is 14.3 Å². The van der Waals surface area contributed by atoms with Crippen LogP contribution in [-0.4, -0.2) is 32.6 Å². The number of methoxy groups -OCH3 is 1. The molecule has 0 aromatic heterocycles. The lowest BCUT2D eigenvalue weighted by molar-refractivity contribution is -0.114. The van der Waals surface area contributed by atoms with Crippen molar-refractivity contribution in [3.63, 3.8) is 0 Å². The first-order valence-electron chi connectivity index (χ1n) is 7.26. The highest BCUT2D eigenvalue weighted by Gasteiger charge is 2.12. The molecule has 0 saturated heterocycles. The number of esters is 1. The molecular weight excluding hydrogens is 292 g/mol. The molecule has 23 heavy (non-hydrogen) atoms. The van der Waals surface area contributed by atoms with Crippen molar-refractivity contribution in [3.05, 3.63) is 59.7 Å². The highest BCUT2D eigenvalue weighted by atomic mass is 16.5. The first-order valence-corrected chi connectivity index (χ1v) is 7.26. The molecule has 5 nitrogen and oxygen atoms in total. The van der Waals surface area contributed by atoms with Gasteiger partial charge in [-0.1, -0.05) is 24.3 Å². The van der Waals surface area contributed by atoms with E-state index < -0.39 is 5.97 Å². The zero-order valence-electron chi connectivity index (χ0n) is 13.5. The topological polar surface area (TPSA) is 58.6 Å². The van der Waals surface area contributed by atoms with Crippen LogP contribution >= 0.6 is 0 Å². The van der Waals surface area contributed by atoms with Gasteiger partial charge in [-0.2, -0.15) is 0 Å². The molecule has 0 bridgehead atoms. The highest BCUT2D eigenvalue weighted by Crippen LogP contribution is 2.18. The lowest BCUT2D eigenvalue weighted by Gasteiger charge is -2.19. The average molecular weight is 312 g/mol. The summed E-state index contributed by atoms with van der Waals surface area (Å²) in [4.78, 5) is 25.7. The van der Waals surface area contributed by atoms with Crippen LogP contribution in [0, 0.1) is 6.92 Å². The Labute approximate surface area is 135 Å². The molecule has 1 N–H and O–H groups in total. The molecule has 0 aliphatic rings. The number of hydrogen-bond donors (Lipinski definition) is 1. The van der Waals surface area contributed by atoms with Gasteiger partial charge in [0.2, 0.25) is 5.91 Å². The van der Waals surface area contributed by atoms with E-state index in [1.54, 1.807) is 18.2 Å². The third-order valence-corrected chi connectivity index (χ3v) is 3.51. The maximum atomic E-state index is 12.2. The van der Waals surface area contributed by atoms with Crippen molar-refractivity contribution in [1.82, 2.24) is 0 Å². The third kappa shape index (κ3) is 4.32. The molecule has 2 rings (SSSR count). The number of anilines is 2. The molecule has 0 heterocycles. The number of aryl methyl sites for hydroxylation is 1. The number of nitrogens with one attached hydrogen (secondary N) is 1. The Kier molecular flexibility index (Phi) is 5.36. The van der Waals surface area contributed by atoms with Gasteiger partial charge < -0.3 is 15.0 Å². The molecule has 2 aromatic carbocycles. The summed E-state index contributed by atoms with van der Waals surface area (Å²) in [6.07, 6.45) is 0. The van der Waals surface area contributed by atoms with Crippen molar-refractivity contribution in [2.24, 2.45) is 0 Å². The Morgan fingerprint density at radius 2 is 1.83 bits per heavy atom. The molecule has 0 aliphatic heterocycles. The van der Waals surface area contributed by atoms with E-state index in [0.717, 1.165) is 11.3 Å². The Morgan fingerprint density at radius 3 is 2.48 bits per heavy atom. The molecule has 0 aliphatic carbocycles. The number of nitrogens with zero attached hydrogens (tertiary/aromatic N) is 1. The van der Waals surface area contributed by atoms with Crippen molar-refractivity contribution in [2.75, 3.05) is 30.9 Å². The van der Waals surface area contributed by atoms with E-state index in [1.165, 1.54) is 7.11 Å². The van der Waals surface area contributed by atoms with Gasteiger partial charge >= 0.3 is 5.97 Å². The first-order chi connectivity index (χ1) is 11.0. The van der Waals surface area contributed by atoms with E-state index in [-0.39, 0.29) is 12.5 Å². The number of para-hydroxylation sites is 1. The smallest absolute Gasteiger partial charge is 0.337 e. The largest absolute Gasteiger partial charge is 0.465 e. The third-order valence-electron chi connectivity index (χ3n) is 3.51. The molecule has 1 amide bonds. The summed E-state index contributed by atoms with van der Waals surface area (Å²) in [5.74, 6) is -0.580. The van der Waals surface area contributed by atoms with Crippen LogP contribution in [0.3, 0.4) is 0 Å². The van der Waals surface area contributed by atoms with E-state index >= 15 is 0 Å². The van der Waals surface area contributed by atoms with Crippen LogP contribution in [0.25, 0.3) is 0 Å². The van der Waals surface area contributed by atoms with Crippen LogP contribution in [0.15, 0.2) is 48.5 Å². The monoisotopic (exact) mass is 312 g/mol. The minimum Gasteiger partial charge on any atom is -0.465 e. The second-order valence-corrected chi connectivity index (χ2v) is 5.26. The van der Waals surface area contributed by atoms with E-state index in [2.05, 4.69) is 5.32 Å². The predicted molar refractivity (Wildman–Crippen MR) is 90.9 cm³/mol. The predicted octanol–water partition coefficient (Wildman–Crippen LogP) is 2.86. The van der Waals surface area contributed by atoms with Crippen molar-refractivity contribution in [2.45, 2.75) is 6.92 Å². The molecule has 0 spiro atoms. The van der Waals surface area contributed by atoms with Crippen molar-refractivity contribution >= 4 is 23.3 Å². The average Bonchev–Trinajstić information content (AvgIpc) is 2.56. The second-order valence-electron chi connectivity index (χ2n) is 5.26. The summed E-state index contributed by atoms with van der Waals surface area (Å²) in [5.41, 5.74) is 2.86. The molecule has 120 valence electrons. The van der Waals surface area contributed by atoms with Crippen LogP contribution in [0.5, 0.6) is 0 Å². The molecule has 0 saturated carbocycles. The van der Waals surface area contributed by atoms with Gasteiger partial charge in [-0.15, -0.1) is 0 Å². The highest BCUT2D eigenvalue weighted by molar-refractivity contribution is 5.97. The van der Waals surface area contributed by atoms with E-state index in [9.17, 15) is 9.59 Å². The van der Waals surface area contributed by atoms with E-state index in [0.29, 0.717) is 11.3 Å². The van der Waals surface area contributed by atoms with Crippen LogP contribution in [-0.2, 0) is 9.53 Å². The Bertz CT molecular complexity index is 699. The van der Waals surface area contributed by atoms with Gasteiger partial charge in [0.05, 0.1) is 19.2 Å². The second kappa shape index (κ2) is 7.45. The summed E-state index contributed by atoms with van der Waals surface area (Å²) in [5, 5.41) is 2.84. The van der Waals surface area contributed by atoms with Crippen LogP contribution in [0.4, 0.5) is 11.4 Å². The van der Waals surface area contributed by atoms with Crippen LogP contribution in [0.2, 0.25) is 0 Å². The zero-order valence-corrected chi connectivity index (χ0v) is 13.5. The Hall–Kier alpha value is -2.82. The number of carbonyl (C=O) groups excluding carboxylic acids is 2. The van der Waals surface area contributed by atoms with Gasteiger partial charge in [-0.05, 0) is 36.8 Å². The molecular formula is C18H20N2O3. The molecule has 0 fully saturated rings. The summed E-state index contributed by atoms with van der Waals surface area (Å²) < 4.78 is 4.70. The Morgan fingerprint density at radius 1 is 1.13 bits per heavy atom. The fraction of sp³-hybridized carbons (Fsp3) is 0.222. The number of hydrogen-bond acceptors (Lipinski definition) is 4. The fourth-order valence-electron chi connectivity index (χ4n) is 2.18. The van der Waals surface area contributed by atoms with Crippen LogP contribution in [0.1, 0.15) is 15.9 Å². The van der Waals surface area contributed by atoms with E-state index in [4.69, 9.17) is 4.74 Å². The summed E-state index contributed by atoms with van der Waals surface area (Å²) in [7, 11) is 3.18. The maximum Gasteiger partial charge on any atom is 0.337 e. The van der Waals surface area contributed by atoms with Gasteiger partial charge in [0.1, 0.15) is 0 Å². The molecule has 0 atom stereocenters. The maximum absolute atomic E-state index is 12.2. The number of likely N-dealkylation sites (N-methyl/N-ethyl adjacent to an activating group) is 1. The quantitative estimate of drug-likeness (QED) is 0.863. The number of carbonyl (C=O) groups is 2. The SMILES string of the molecule is COC(=O)c1ccc(C)c(NC(=O)CN(C)c2ccccc2)c1. The van der Waals surface area contributed by atoms with Crippen molar-refractivity contribution in [3.8, 4) is 0 Å². The molecule has 0 radical (unpaired) electrons. The summed E-state index contributed by atoms with van der Waals surface area (Å²) >= 11 is 0. The number of rotatable bonds is 5. The lowest BCUT2D eigenvalue weighted by Crippen LogP contribution is -2.30. The van der Waals surface area contributed by atoms with Crippen LogP contribution < -0.4 is 10.2 Å². The van der Waals surface area contributed by atoms with Gasteiger partial charge in [0.15, 0.2) is 0 Å². The number of amides is 1.